The molecule has 0 unspecified atom stereocenters. The second-order valence-corrected chi connectivity index (χ2v) is 12.6. The van der Waals surface area contributed by atoms with Gasteiger partial charge in [-0.25, -0.2) is 18.4 Å². The molecule has 6 rings (SSSR count). The number of imidazole rings is 1. The second-order valence-electron chi connectivity index (χ2n) is 10.7. The molecule has 5 aromatic rings. The van der Waals surface area contributed by atoms with Crippen LogP contribution in [0.4, 0.5) is 0 Å². The molecule has 12 heteroatoms. The standard InChI is InChI=1S/C31H34N6O5S/c1-4-15-42-29-10-9-22(43(39,40)37-13-11-35(2)12-14-37)16-24(29)30-33-25-18-26-27(17-23(25)31(38)34-30)36(20-32-26)19-21-7-5-6-8-28(21)41-3/h5-10,16-18,20H,4,11-15,19H2,1-3H3,(H,33,34,38). The number of sulfonamides is 1. The Hall–Kier alpha value is -4.26. The maximum atomic E-state index is 13.6. The molecule has 224 valence electrons. The van der Waals surface area contributed by atoms with Crippen LogP contribution in [-0.2, 0) is 16.6 Å². The third kappa shape index (κ3) is 5.61. The number of hydrogen-bond acceptors (Lipinski definition) is 8. The SMILES string of the molecule is CCCOc1ccc(S(=O)(=O)N2CCN(C)CC2)cc1-c1nc2cc3ncn(Cc4ccccc4OC)c3cc2c(=O)[nH]1. The number of hydrogen-bond donors (Lipinski definition) is 1. The maximum Gasteiger partial charge on any atom is 0.259 e. The molecule has 0 saturated carbocycles. The van der Waals surface area contributed by atoms with E-state index in [4.69, 9.17) is 14.5 Å². The van der Waals surface area contributed by atoms with E-state index in [1.54, 1.807) is 43.8 Å². The zero-order valence-corrected chi connectivity index (χ0v) is 25.2. The molecule has 1 aliphatic heterocycles. The zero-order valence-electron chi connectivity index (χ0n) is 24.4. The Morgan fingerprint density at radius 1 is 0.977 bits per heavy atom. The lowest BCUT2D eigenvalue weighted by Crippen LogP contribution is -2.47. The van der Waals surface area contributed by atoms with Gasteiger partial charge in [-0.05, 0) is 49.9 Å². The van der Waals surface area contributed by atoms with Crippen molar-refractivity contribution in [3.8, 4) is 22.9 Å². The summed E-state index contributed by atoms with van der Waals surface area (Å²) in [6, 6.07) is 16.1. The first-order chi connectivity index (χ1) is 20.8. The number of nitrogens with one attached hydrogen (secondary N) is 1. The van der Waals surface area contributed by atoms with Gasteiger partial charge in [-0.1, -0.05) is 25.1 Å². The van der Waals surface area contributed by atoms with Gasteiger partial charge in [0.25, 0.3) is 5.56 Å². The van der Waals surface area contributed by atoms with E-state index >= 15 is 0 Å². The normalized spacial score (nSPS) is 14.9. The van der Waals surface area contributed by atoms with Crippen molar-refractivity contribution in [1.29, 1.82) is 0 Å². The lowest BCUT2D eigenvalue weighted by Gasteiger charge is -2.31. The van der Waals surface area contributed by atoms with E-state index in [0.717, 1.165) is 23.3 Å². The van der Waals surface area contributed by atoms with Crippen LogP contribution >= 0.6 is 0 Å². The van der Waals surface area contributed by atoms with Crippen LogP contribution in [0.5, 0.6) is 11.5 Å². The van der Waals surface area contributed by atoms with E-state index in [0.29, 0.717) is 67.1 Å². The van der Waals surface area contributed by atoms with Crippen LogP contribution in [0.2, 0.25) is 0 Å². The van der Waals surface area contributed by atoms with Gasteiger partial charge in [0.2, 0.25) is 10.0 Å². The number of H-pyrrole nitrogens is 1. The Balaban J connectivity index is 1.42. The van der Waals surface area contributed by atoms with E-state index in [1.165, 1.54) is 4.31 Å². The van der Waals surface area contributed by atoms with Crippen molar-refractivity contribution in [2.24, 2.45) is 0 Å². The van der Waals surface area contributed by atoms with Crippen LogP contribution in [0, 0.1) is 0 Å². The predicted octanol–water partition coefficient (Wildman–Crippen LogP) is 3.72. The van der Waals surface area contributed by atoms with E-state index < -0.39 is 10.0 Å². The molecule has 3 heterocycles. The molecule has 1 saturated heterocycles. The molecule has 0 radical (unpaired) electrons. The Morgan fingerprint density at radius 3 is 2.53 bits per heavy atom. The van der Waals surface area contributed by atoms with Gasteiger partial charge in [-0.15, -0.1) is 0 Å². The van der Waals surface area contributed by atoms with Gasteiger partial charge in [-0.3, -0.25) is 4.79 Å². The number of rotatable bonds is 9. The lowest BCUT2D eigenvalue weighted by molar-refractivity contribution is 0.222. The fraction of sp³-hybridized carbons (Fsp3) is 0.323. The van der Waals surface area contributed by atoms with Gasteiger partial charge in [-0.2, -0.15) is 4.31 Å². The molecule has 43 heavy (non-hydrogen) atoms. The molecule has 1 N–H and O–H groups in total. The van der Waals surface area contributed by atoms with Gasteiger partial charge >= 0.3 is 0 Å². The maximum absolute atomic E-state index is 13.6. The monoisotopic (exact) mass is 602 g/mol. The molecule has 0 spiro atoms. The number of ether oxygens (including phenoxy) is 2. The minimum Gasteiger partial charge on any atom is -0.496 e. The molecule has 2 aromatic heterocycles. The molecule has 1 fully saturated rings. The second kappa shape index (κ2) is 11.8. The molecule has 0 atom stereocenters. The summed E-state index contributed by atoms with van der Waals surface area (Å²) in [6.07, 6.45) is 2.49. The van der Waals surface area contributed by atoms with Gasteiger partial charge < -0.3 is 23.9 Å². The molecule has 3 aromatic carbocycles. The third-order valence-corrected chi connectivity index (χ3v) is 9.64. The highest BCUT2D eigenvalue weighted by Gasteiger charge is 2.29. The number of para-hydroxylation sites is 1. The number of aromatic nitrogens is 4. The highest BCUT2D eigenvalue weighted by atomic mass is 32.2. The number of benzene rings is 3. The first-order valence-corrected chi connectivity index (χ1v) is 15.7. The average Bonchev–Trinajstić information content (AvgIpc) is 3.40. The number of nitrogens with zero attached hydrogens (tertiary/aromatic N) is 5. The molecule has 0 bridgehead atoms. The van der Waals surface area contributed by atoms with Crippen molar-refractivity contribution >= 4 is 32.0 Å². The lowest BCUT2D eigenvalue weighted by atomic mass is 10.1. The molecule has 0 aliphatic carbocycles. The summed E-state index contributed by atoms with van der Waals surface area (Å²) in [5, 5.41) is 0.398. The molecular formula is C31H34N6O5S. The Labute approximate surface area is 249 Å². The van der Waals surface area contributed by atoms with Gasteiger partial charge in [0, 0.05) is 31.7 Å². The average molecular weight is 603 g/mol. The van der Waals surface area contributed by atoms with Gasteiger partial charge in [0.15, 0.2) is 0 Å². The van der Waals surface area contributed by atoms with Gasteiger partial charge in [0.05, 0.1) is 59.0 Å². The number of piperazine rings is 1. The Morgan fingerprint density at radius 2 is 1.77 bits per heavy atom. The minimum atomic E-state index is -3.75. The molecule has 0 amide bonds. The fourth-order valence-corrected chi connectivity index (χ4v) is 6.78. The fourth-order valence-electron chi connectivity index (χ4n) is 5.33. The third-order valence-electron chi connectivity index (χ3n) is 7.75. The topological polar surface area (TPSA) is 123 Å². The van der Waals surface area contributed by atoms with E-state index in [2.05, 4.69) is 14.9 Å². The summed E-state index contributed by atoms with van der Waals surface area (Å²) >= 11 is 0. The number of likely N-dealkylation sites (N-methyl/N-ethyl adjacent to an activating group) is 1. The van der Waals surface area contributed by atoms with Crippen molar-refractivity contribution in [3.05, 3.63) is 76.8 Å². The summed E-state index contributed by atoms with van der Waals surface area (Å²) < 4.78 is 42.0. The van der Waals surface area contributed by atoms with Crippen molar-refractivity contribution in [2.45, 2.75) is 24.8 Å². The van der Waals surface area contributed by atoms with E-state index in [-0.39, 0.29) is 16.3 Å². The summed E-state index contributed by atoms with van der Waals surface area (Å²) in [5.74, 6) is 1.45. The summed E-state index contributed by atoms with van der Waals surface area (Å²) in [7, 11) is -0.142. The van der Waals surface area contributed by atoms with Crippen LogP contribution in [-0.4, -0.2) is 84.1 Å². The van der Waals surface area contributed by atoms with Gasteiger partial charge in [0.1, 0.15) is 17.3 Å². The quantitative estimate of drug-likeness (QED) is 0.271. The Bertz CT molecular complexity index is 1960. The summed E-state index contributed by atoms with van der Waals surface area (Å²) in [5.41, 5.74) is 2.96. The molecular weight excluding hydrogens is 568 g/mol. The smallest absolute Gasteiger partial charge is 0.259 e. The highest BCUT2D eigenvalue weighted by molar-refractivity contribution is 7.89. The van der Waals surface area contributed by atoms with Crippen molar-refractivity contribution < 1.29 is 17.9 Å². The number of fused-ring (bicyclic) bond motifs is 2. The summed E-state index contributed by atoms with van der Waals surface area (Å²) in [6.45, 7) is 5.07. The largest absolute Gasteiger partial charge is 0.496 e. The van der Waals surface area contributed by atoms with Crippen molar-refractivity contribution in [3.63, 3.8) is 0 Å². The first-order valence-electron chi connectivity index (χ1n) is 14.2. The predicted molar refractivity (Wildman–Crippen MR) is 165 cm³/mol. The Kier molecular flexibility index (Phi) is 7.91. The first kappa shape index (κ1) is 28.8. The number of methoxy groups -OCH3 is 1. The van der Waals surface area contributed by atoms with Crippen molar-refractivity contribution in [1.82, 2.24) is 28.7 Å². The van der Waals surface area contributed by atoms with Crippen LogP contribution in [0.1, 0.15) is 18.9 Å². The zero-order chi connectivity index (χ0) is 30.1. The van der Waals surface area contributed by atoms with Crippen LogP contribution in [0.15, 0.2) is 70.6 Å². The summed E-state index contributed by atoms with van der Waals surface area (Å²) in [4.78, 5) is 27.9. The van der Waals surface area contributed by atoms with E-state index in [9.17, 15) is 13.2 Å². The minimum absolute atomic E-state index is 0.129. The molecule has 11 nitrogen and oxygen atoms in total. The van der Waals surface area contributed by atoms with E-state index in [1.807, 2.05) is 42.8 Å². The van der Waals surface area contributed by atoms with Crippen LogP contribution in [0.25, 0.3) is 33.3 Å². The highest BCUT2D eigenvalue weighted by Crippen LogP contribution is 2.33. The van der Waals surface area contributed by atoms with Crippen LogP contribution < -0.4 is 15.0 Å². The number of aromatic amines is 1. The molecule has 1 aliphatic rings. The van der Waals surface area contributed by atoms with Crippen LogP contribution in [0.3, 0.4) is 0 Å². The van der Waals surface area contributed by atoms with Crippen molar-refractivity contribution in [2.75, 3.05) is 46.9 Å².